The molecule has 0 aliphatic heterocycles. The van der Waals surface area contributed by atoms with Crippen LogP contribution in [0.3, 0.4) is 0 Å². The van der Waals surface area contributed by atoms with Crippen molar-refractivity contribution in [2.75, 3.05) is 11.5 Å². The first kappa shape index (κ1) is 14.9. The lowest BCUT2D eigenvalue weighted by Crippen LogP contribution is -2.23. The maximum absolute atomic E-state index is 11.5. The molecule has 1 aromatic carbocycles. The van der Waals surface area contributed by atoms with Gasteiger partial charge in [0.2, 0.25) is 0 Å². The fourth-order valence-corrected chi connectivity index (χ4v) is 2.31. The van der Waals surface area contributed by atoms with Crippen molar-refractivity contribution in [1.29, 1.82) is 0 Å². The second-order valence-electron chi connectivity index (χ2n) is 5.20. The Morgan fingerprint density at radius 1 is 1.39 bits per heavy atom. The van der Waals surface area contributed by atoms with E-state index < -0.39 is 5.60 Å². The van der Waals surface area contributed by atoms with Gasteiger partial charge in [-0.3, -0.25) is 4.79 Å². The summed E-state index contributed by atoms with van der Waals surface area (Å²) in [7, 11) is 0. The number of benzene rings is 1. The number of hydrogen-bond donors (Lipinski definition) is 1. The maximum Gasteiger partial charge on any atom is 0.307 e. The molecular weight excluding hydrogens is 246 g/mol. The molecule has 100 valence electrons. The fraction of sp³-hybridized carbons (Fsp3) is 0.500. The first-order valence-corrected chi connectivity index (χ1v) is 6.97. The molecule has 0 amide bonds. The lowest BCUT2D eigenvalue weighted by Gasteiger charge is -2.19. The molecule has 3 nitrogen and oxygen atoms in total. The topological polar surface area (TPSA) is 52.3 Å². The van der Waals surface area contributed by atoms with Crippen molar-refractivity contribution in [3.05, 3.63) is 23.8 Å². The summed E-state index contributed by atoms with van der Waals surface area (Å²) < 4.78 is 5.25. The molecule has 0 atom stereocenters. The van der Waals surface area contributed by atoms with Gasteiger partial charge in [-0.1, -0.05) is 0 Å². The Balaban J connectivity index is 2.38. The molecule has 0 aromatic heterocycles. The van der Waals surface area contributed by atoms with E-state index in [2.05, 4.69) is 0 Å². The molecule has 4 heteroatoms. The lowest BCUT2D eigenvalue weighted by atomic mass is 10.2. The molecular formula is C14H21NO2S. The third-order valence-corrected chi connectivity index (χ3v) is 3.23. The van der Waals surface area contributed by atoms with Crippen molar-refractivity contribution in [3.63, 3.8) is 0 Å². The number of aryl methyl sites for hydroxylation is 1. The van der Waals surface area contributed by atoms with E-state index in [9.17, 15) is 4.79 Å². The highest BCUT2D eigenvalue weighted by Gasteiger charge is 2.15. The maximum atomic E-state index is 11.5. The lowest BCUT2D eigenvalue weighted by molar-refractivity contribution is -0.154. The molecule has 2 N–H and O–H groups in total. The summed E-state index contributed by atoms with van der Waals surface area (Å²) in [4.78, 5) is 12.6. The van der Waals surface area contributed by atoms with E-state index >= 15 is 0 Å². The standard InChI is InChI=1S/C14H21NO2S/c1-10-9-11(5-6-12(10)15)18-8-7-13(16)17-14(2,3)4/h5-6,9H,7-8,15H2,1-4H3. The Morgan fingerprint density at radius 3 is 2.61 bits per heavy atom. The quantitative estimate of drug-likeness (QED) is 0.516. The van der Waals surface area contributed by atoms with Crippen molar-refractivity contribution in [3.8, 4) is 0 Å². The highest BCUT2D eigenvalue weighted by molar-refractivity contribution is 7.99. The van der Waals surface area contributed by atoms with Crippen LogP contribution in [0.25, 0.3) is 0 Å². The van der Waals surface area contributed by atoms with Gasteiger partial charge in [0.1, 0.15) is 5.60 Å². The van der Waals surface area contributed by atoms with Gasteiger partial charge in [0.05, 0.1) is 6.42 Å². The second-order valence-corrected chi connectivity index (χ2v) is 6.37. The third-order valence-electron chi connectivity index (χ3n) is 2.24. The molecule has 0 saturated carbocycles. The van der Waals surface area contributed by atoms with Gasteiger partial charge in [-0.15, -0.1) is 11.8 Å². The van der Waals surface area contributed by atoms with Crippen molar-refractivity contribution in [1.82, 2.24) is 0 Å². The van der Waals surface area contributed by atoms with Crippen LogP contribution in [-0.4, -0.2) is 17.3 Å². The van der Waals surface area contributed by atoms with Crippen LogP contribution in [0.4, 0.5) is 5.69 Å². The average Bonchev–Trinajstić information content (AvgIpc) is 2.20. The van der Waals surface area contributed by atoms with Crippen LogP contribution in [0.2, 0.25) is 0 Å². The molecule has 0 aliphatic carbocycles. The molecule has 0 heterocycles. The van der Waals surface area contributed by atoms with Crippen LogP contribution in [0.1, 0.15) is 32.8 Å². The van der Waals surface area contributed by atoms with Crippen LogP contribution in [-0.2, 0) is 9.53 Å². The summed E-state index contributed by atoms with van der Waals surface area (Å²) >= 11 is 1.64. The number of hydrogen-bond acceptors (Lipinski definition) is 4. The predicted molar refractivity (Wildman–Crippen MR) is 76.8 cm³/mol. The van der Waals surface area contributed by atoms with Gasteiger partial charge < -0.3 is 10.5 Å². The molecule has 0 aliphatic rings. The number of thioether (sulfide) groups is 1. The number of esters is 1. The Bertz CT molecular complexity index is 424. The van der Waals surface area contributed by atoms with Crippen molar-refractivity contribution >= 4 is 23.4 Å². The number of carbonyl (C=O) groups is 1. The van der Waals surface area contributed by atoms with Crippen LogP contribution in [0.15, 0.2) is 23.1 Å². The first-order valence-electron chi connectivity index (χ1n) is 5.99. The van der Waals surface area contributed by atoms with Gasteiger partial charge >= 0.3 is 5.97 Å². The van der Waals surface area contributed by atoms with Gasteiger partial charge in [-0.25, -0.2) is 0 Å². The summed E-state index contributed by atoms with van der Waals surface area (Å²) in [6.45, 7) is 7.61. The Morgan fingerprint density at radius 2 is 2.06 bits per heavy atom. The Labute approximate surface area is 113 Å². The van der Waals surface area contributed by atoms with E-state index in [1.165, 1.54) is 0 Å². The Kier molecular flexibility index (Phi) is 5.08. The predicted octanol–water partition coefficient (Wildman–Crippen LogP) is 3.40. The Hall–Kier alpha value is -1.16. The van der Waals surface area contributed by atoms with E-state index in [4.69, 9.17) is 10.5 Å². The van der Waals surface area contributed by atoms with Gasteiger partial charge in [-0.2, -0.15) is 0 Å². The SMILES string of the molecule is Cc1cc(SCCC(=O)OC(C)(C)C)ccc1N. The van der Waals surface area contributed by atoms with Crippen molar-refractivity contribution in [2.24, 2.45) is 0 Å². The molecule has 0 radical (unpaired) electrons. The van der Waals surface area contributed by atoms with Gasteiger partial charge in [0.15, 0.2) is 0 Å². The smallest absolute Gasteiger partial charge is 0.307 e. The van der Waals surface area contributed by atoms with E-state index in [1.807, 2.05) is 45.9 Å². The van der Waals surface area contributed by atoms with E-state index in [0.717, 1.165) is 21.9 Å². The summed E-state index contributed by atoms with van der Waals surface area (Å²) in [5.41, 5.74) is 7.21. The summed E-state index contributed by atoms with van der Waals surface area (Å²) in [6, 6.07) is 5.91. The fourth-order valence-electron chi connectivity index (χ4n) is 1.38. The van der Waals surface area contributed by atoms with Crippen LogP contribution in [0.5, 0.6) is 0 Å². The molecule has 0 bridgehead atoms. The van der Waals surface area contributed by atoms with E-state index in [1.54, 1.807) is 11.8 Å². The number of carbonyl (C=O) groups excluding carboxylic acids is 1. The van der Waals surface area contributed by atoms with Gasteiger partial charge in [0.25, 0.3) is 0 Å². The molecule has 0 unspecified atom stereocenters. The second kappa shape index (κ2) is 6.14. The minimum Gasteiger partial charge on any atom is -0.460 e. The normalized spacial score (nSPS) is 11.3. The number of nitrogens with two attached hydrogens (primary N) is 1. The third kappa shape index (κ3) is 5.45. The molecule has 1 aromatic rings. The largest absolute Gasteiger partial charge is 0.460 e. The average molecular weight is 267 g/mol. The highest BCUT2D eigenvalue weighted by atomic mass is 32.2. The monoisotopic (exact) mass is 267 g/mol. The zero-order valence-electron chi connectivity index (χ0n) is 11.4. The van der Waals surface area contributed by atoms with Crippen molar-refractivity contribution < 1.29 is 9.53 Å². The zero-order valence-corrected chi connectivity index (χ0v) is 12.3. The van der Waals surface area contributed by atoms with Crippen LogP contribution in [0, 0.1) is 6.92 Å². The number of ether oxygens (including phenoxy) is 1. The highest BCUT2D eigenvalue weighted by Crippen LogP contribution is 2.23. The van der Waals surface area contributed by atoms with Crippen molar-refractivity contribution in [2.45, 2.75) is 44.6 Å². The zero-order chi connectivity index (χ0) is 13.8. The number of nitrogen functional groups attached to an aromatic ring is 1. The summed E-state index contributed by atoms with van der Waals surface area (Å²) in [6.07, 6.45) is 0.422. The summed E-state index contributed by atoms with van der Waals surface area (Å²) in [5.74, 6) is 0.570. The minimum absolute atomic E-state index is 0.151. The van der Waals surface area contributed by atoms with Crippen LogP contribution >= 0.6 is 11.8 Å². The number of anilines is 1. The molecule has 1 rings (SSSR count). The van der Waals surface area contributed by atoms with Crippen LogP contribution < -0.4 is 5.73 Å². The molecule has 0 fully saturated rings. The molecule has 0 saturated heterocycles. The first-order chi connectivity index (χ1) is 8.28. The minimum atomic E-state index is -0.403. The molecule has 18 heavy (non-hydrogen) atoms. The summed E-state index contributed by atoms with van der Waals surface area (Å²) in [5, 5.41) is 0. The number of rotatable bonds is 4. The molecule has 0 spiro atoms. The van der Waals surface area contributed by atoms with Gasteiger partial charge in [-0.05, 0) is 51.5 Å². The van der Waals surface area contributed by atoms with E-state index in [0.29, 0.717) is 6.42 Å². The van der Waals surface area contributed by atoms with E-state index in [-0.39, 0.29) is 5.97 Å². The van der Waals surface area contributed by atoms with Gasteiger partial charge in [0, 0.05) is 16.3 Å².